The van der Waals surface area contributed by atoms with Gasteiger partial charge in [0.1, 0.15) is 0 Å². The van der Waals surface area contributed by atoms with Gasteiger partial charge < -0.3 is 14.8 Å². The van der Waals surface area contributed by atoms with Crippen LogP contribution < -0.4 is 5.32 Å². The summed E-state index contributed by atoms with van der Waals surface area (Å²) in [6.07, 6.45) is 1.36. The Morgan fingerprint density at radius 3 is 2.82 bits per heavy atom. The molecule has 0 saturated carbocycles. The molecule has 1 fully saturated rings. The Morgan fingerprint density at radius 1 is 1.35 bits per heavy atom. The Balaban J connectivity index is 1.85. The van der Waals surface area contributed by atoms with Gasteiger partial charge in [-0.25, -0.2) is 0 Å². The topological polar surface area (TPSA) is 50.8 Å². The summed E-state index contributed by atoms with van der Waals surface area (Å²) >= 11 is 0. The number of hydrogen-bond acceptors (Lipinski definition) is 5. The molecule has 1 rings (SSSR count). The van der Waals surface area contributed by atoms with Gasteiger partial charge in [-0.05, 0) is 19.9 Å². The van der Waals surface area contributed by atoms with Gasteiger partial charge in [0.15, 0.2) is 0 Å². The number of carbonyl (C=O) groups is 1. The van der Waals surface area contributed by atoms with Crippen molar-refractivity contribution in [1.82, 2.24) is 10.2 Å². The fourth-order valence-corrected chi connectivity index (χ4v) is 1.78. The van der Waals surface area contributed by atoms with Crippen LogP contribution in [-0.2, 0) is 14.3 Å². The number of ether oxygens (including phenoxy) is 2. The van der Waals surface area contributed by atoms with Crippen LogP contribution in [0.15, 0.2) is 0 Å². The number of nitrogens with one attached hydrogen (secondary N) is 1. The van der Waals surface area contributed by atoms with Crippen molar-refractivity contribution in [3.8, 4) is 0 Å². The molecule has 0 aromatic rings. The first-order valence-corrected chi connectivity index (χ1v) is 6.49. The largest absolute Gasteiger partial charge is 0.466 e. The summed E-state index contributed by atoms with van der Waals surface area (Å²) in [7, 11) is 0. The molecule has 0 bridgehead atoms. The van der Waals surface area contributed by atoms with Crippen LogP contribution in [0.3, 0.4) is 0 Å². The van der Waals surface area contributed by atoms with Crippen LogP contribution in [-0.4, -0.2) is 63.4 Å². The summed E-state index contributed by atoms with van der Waals surface area (Å²) < 4.78 is 10.1. The molecule has 0 aliphatic carbocycles. The molecule has 17 heavy (non-hydrogen) atoms. The maximum absolute atomic E-state index is 11.1. The van der Waals surface area contributed by atoms with Crippen LogP contribution in [0.5, 0.6) is 0 Å². The van der Waals surface area contributed by atoms with Crippen LogP contribution in [0.4, 0.5) is 0 Å². The van der Waals surface area contributed by atoms with Gasteiger partial charge in [0, 0.05) is 32.6 Å². The Kier molecular flexibility index (Phi) is 7.96. The highest BCUT2D eigenvalue weighted by Gasteiger charge is 2.08. The Morgan fingerprint density at radius 2 is 2.12 bits per heavy atom. The molecule has 1 aliphatic rings. The average Bonchev–Trinajstić information content (AvgIpc) is 2.35. The smallest absolute Gasteiger partial charge is 0.305 e. The van der Waals surface area contributed by atoms with E-state index in [1.807, 2.05) is 6.92 Å². The van der Waals surface area contributed by atoms with E-state index >= 15 is 0 Å². The van der Waals surface area contributed by atoms with Crippen molar-refractivity contribution in [3.05, 3.63) is 0 Å². The SMILES string of the molecule is CCOC(=O)CCCNCCN1CCOCC1. The number of morpholine rings is 1. The lowest BCUT2D eigenvalue weighted by atomic mass is 10.3. The molecule has 5 nitrogen and oxygen atoms in total. The van der Waals surface area contributed by atoms with Crippen molar-refractivity contribution < 1.29 is 14.3 Å². The third kappa shape index (κ3) is 7.31. The first-order chi connectivity index (χ1) is 8.33. The third-order valence-corrected chi connectivity index (χ3v) is 2.75. The summed E-state index contributed by atoms with van der Waals surface area (Å²) in [5.74, 6) is -0.0949. The van der Waals surface area contributed by atoms with E-state index in [-0.39, 0.29) is 5.97 Å². The molecule has 0 aromatic carbocycles. The normalized spacial score (nSPS) is 17.0. The van der Waals surface area contributed by atoms with E-state index in [0.717, 1.165) is 52.4 Å². The van der Waals surface area contributed by atoms with E-state index in [0.29, 0.717) is 13.0 Å². The Bertz CT molecular complexity index is 206. The van der Waals surface area contributed by atoms with E-state index in [1.165, 1.54) is 0 Å². The lowest BCUT2D eigenvalue weighted by Crippen LogP contribution is -2.40. The minimum atomic E-state index is -0.0949. The maximum atomic E-state index is 11.1. The molecular weight excluding hydrogens is 220 g/mol. The minimum absolute atomic E-state index is 0.0949. The van der Waals surface area contributed by atoms with Crippen LogP contribution in [0, 0.1) is 0 Å². The summed E-state index contributed by atoms with van der Waals surface area (Å²) in [6, 6.07) is 0. The van der Waals surface area contributed by atoms with Crippen molar-refractivity contribution in [2.45, 2.75) is 19.8 Å². The van der Waals surface area contributed by atoms with Crippen molar-refractivity contribution in [2.75, 3.05) is 52.5 Å². The van der Waals surface area contributed by atoms with Crippen molar-refractivity contribution in [1.29, 1.82) is 0 Å². The van der Waals surface area contributed by atoms with Crippen LogP contribution >= 0.6 is 0 Å². The second kappa shape index (κ2) is 9.39. The molecule has 100 valence electrons. The fraction of sp³-hybridized carbons (Fsp3) is 0.917. The second-order valence-corrected chi connectivity index (χ2v) is 4.11. The monoisotopic (exact) mass is 244 g/mol. The van der Waals surface area contributed by atoms with E-state index < -0.39 is 0 Å². The predicted molar refractivity (Wildman–Crippen MR) is 66.0 cm³/mol. The number of esters is 1. The Labute approximate surface area is 103 Å². The molecule has 1 aliphatic heterocycles. The molecule has 0 aromatic heterocycles. The van der Waals surface area contributed by atoms with Gasteiger partial charge in [-0.2, -0.15) is 0 Å². The highest BCUT2D eigenvalue weighted by molar-refractivity contribution is 5.69. The lowest BCUT2D eigenvalue weighted by Gasteiger charge is -2.26. The maximum Gasteiger partial charge on any atom is 0.305 e. The minimum Gasteiger partial charge on any atom is -0.466 e. The summed E-state index contributed by atoms with van der Waals surface area (Å²) in [6.45, 7) is 8.98. The van der Waals surface area contributed by atoms with Gasteiger partial charge in [0.25, 0.3) is 0 Å². The number of nitrogens with zero attached hydrogens (tertiary/aromatic N) is 1. The summed E-state index contributed by atoms with van der Waals surface area (Å²) in [5, 5.41) is 3.34. The predicted octanol–water partition coefficient (Wildman–Crippen LogP) is 0.252. The highest BCUT2D eigenvalue weighted by atomic mass is 16.5. The molecule has 1 N–H and O–H groups in total. The quantitative estimate of drug-likeness (QED) is 0.490. The zero-order chi connectivity index (χ0) is 12.3. The van der Waals surface area contributed by atoms with E-state index in [2.05, 4.69) is 10.2 Å². The van der Waals surface area contributed by atoms with Crippen molar-refractivity contribution in [3.63, 3.8) is 0 Å². The van der Waals surface area contributed by atoms with Crippen LogP contribution in [0.25, 0.3) is 0 Å². The zero-order valence-corrected chi connectivity index (χ0v) is 10.7. The standard InChI is InChI=1S/C12H24N2O3/c1-2-17-12(15)4-3-5-13-6-7-14-8-10-16-11-9-14/h13H,2-11H2,1H3. The molecule has 1 heterocycles. The third-order valence-electron chi connectivity index (χ3n) is 2.75. The number of hydrogen-bond donors (Lipinski definition) is 1. The van der Waals surface area contributed by atoms with E-state index in [1.54, 1.807) is 0 Å². The zero-order valence-electron chi connectivity index (χ0n) is 10.7. The number of rotatable bonds is 8. The molecule has 0 amide bonds. The van der Waals surface area contributed by atoms with Crippen LogP contribution in [0.1, 0.15) is 19.8 Å². The van der Waals surface area contributed by atoms with Gasteiger partial charge in [-0.1, -0.05) is 0 Å². The Hall–Kier alpha value is -0.650. The fourth-order valence-electron chi connectivity index (χ4n) is 1.78. The molecule has 1 saturated heterocycles. The van der Waals surface area contributed by atoms with Gasteiger partial charge in [0.05, 0.1) is 19.8 Å². The van der Waals surface area contributed by atoms with E-state index in [9.17, 15) is 4.79 Å². The van der Waals surface area contributed by atoms with Gasteiger partial charge in [-0.15, -0.1) is 0 Å². The van der Waals surface area contributed by atoms with Gasteiger partial charge >= 0.3 is 5.97 Å². The second-order valence-electron chi connectivity index (χ2n) is 4.11. The summed E-state index contributed by atoms with van der Waals surface area (Å²) in [4.78, 5) is 13.4. The van der Waals surface area contributed by atoms with E-state index in [4.69, 9.17) is 9.47 Å². The first-order valence-electron chi connectivity index (χ1n) is 6.49. The molecule has 0 radical (unpaired) electrons. The highest BCUT2D eigenvalue weighted by Crippen LogP contribution is 1.95. The van der Waals surface area contributed by atoms with Crippen molar-refractivity contribution >= 4 is 5.97 Å². The van der Waals surface area contributed by atoms with Gasteiger partial charge in [-0.3, -0.25) is 9.69 Å². The molecular formula is C12H24N2O3. The molecule has 5 heteroatoms. The first kappa shape index (κ1) is 14.4. The molecule has 0 atom stereocenters. The molecule has 0 unspecified atom stereocenters. The van der Waals surface area contributed by atoms with Gasteiger partial charge in [0.2, 0.25) is 0 Å². The van der Waals surface area contributed by atoms with Crippen LogP contribution in [0.2, 0.25) is 0 Å². The number of carbonyl (C=O) groups excluding carboxylic acids is 1. The van der Waals surface area contributed by atoms with Crippen molar-refractivity contribution in [2.24, 2.45) is 0 Å². The lowest BCUT2D eigenvalue weighted by molar-refractivity contribution is -0.143. The average molecular weight is 244 g/mol. The molecule has 0 spiro atoms. The summed E-state index contributed by atoms with van der Waals surface area (Å²) in [5.41, 5.74) is 0.